The molecule has 0 unspecified atom stereocenters. The highest BCUT2D eigenvalue weighted by atomic mass is 32.1. The molecule has 0 spiro atoms. The number of nitrogens with two attached hydrogens (primary N) is 1. The van der Waals surface area contributed by atoms with E-state index in [-0.39, 0.29) is 6.61 Å². The summed E-state index contributed by atoms with van der Waals surface area (Å²) in [4.78, 5) is 41.8. The van der Waals surface area contributed by atoms with Crippen LogP contribution in [0.2, 0.25) is 0 Å². The number of carbonyl (C=O) groups is 3. The largest absolute Gasteiger partial charge is 0.365 e. The third-order valence-electron chi connectivity index (χ3n) is 4.07. The van der Waals surface area contributed by atoms with Gasteiger partial charge in [0.05, 0.1) is 5.56 Å². The zero-order valence-electron chi connectivity index (χ0n) is 14.0. The Hall–Kier alpha value is -2.71. The van der Waals surface area contributed by atoms with E-state index in [4.69, 9.17) is 10.6 Å². The molecule has 0 saturated heterocycles. The second kappa shape index (κ2) is 8.11. The van der Waals surface area contributed by atoms with Gasteiger partial charge in [0.25, 0.3) is 17.7 Å². The molecule has 2 aromatic rings. The molecule has 1 heterocycles. The van der Waals surface area contributed by atoms with Crippen molar-refractivity contribution >= 4 is 34.1 Å². The van der Waals surface area contributed by atoms with Gasteiger partial charge in [-0.3, -0.25) is 19.2 Å². The van der Waals surface area contributed by atoms with Crippen LogP contribution in [0.3, 0.4) is 0 Å². The van der Waals surface area contributed by atoms with E-state index in [1.807, 2.05) is 0 Å². The van der Waals surface area contributed by atoms with Crippen molar-refractivity contribution in [3.8, 4) is 0 Å². The molecular formula is C18H19N3O4S. The van der Waals surface area contributed by atoms with Crippen molar-refractivity contribution in [2.45, 2.75) is 25.7 Å². The van der Waals surface area contributed by atoms with Crippen LogP contribution in [0, 0.1) is 0 Å². The smallest absolute Gasteiger partial charge is 0.274 e. The topological polar surface area (TPSA) is 111 Å². The number of fused-ring (bicyclic) bond motifs is 1. The molecule has 0 radical (unpaired) electrons. The Balaban J connectivity index is 1.58. The van der Waals surface area contributed by atoms with Gasteiger partial charge < -0.3 is 11.1 Å². The van der Waals surface area contributed by atoms with E-state index >= 15 is 0 Å². The molecule has 0 saturated carbocycles. The summed E-state index contributed by atoms with van der Waals surface area (Å²) in [5.41, 5.74) is 9.47. The first-order valence-corrected chi connectivity index (χ1v) is 9.09. The van der Waals surface area contributed by atoms with Crippen LogP contribution in [0.25, 0.3) is 0 Å². The van der Waals surface area contributed by atoms with E-state index in [1.54, 1.807) is 30.3 Å². The highest BCUT2D eigenvalue weighted by molar-refractivity contribution is 7.17. The van der Waals surface area contributed by atoms with Crippen molar-refractivity contribution in [3.05, 3.63) is 51.9 Å². The summed E-state index contributed by atoms with van der Waals surface area (Å²) < 4.78 is 0. The first-order chi connectivity index (χ1) is 12.6. The molecule has 26 heavy (non-hydrogen) atoms. The maximum Gasteiger partial charge on any atom is 0.274 e. The molecule has 0 aliphatic heterocycles. The number of rotatable bonds is 6. The van der Waals surface area contributed by atoms with Crippen LogP contribution in [0.1, 0.15) is 44.0 Å². The lowest BCUT2D eigenvalue weighted by atomic mass is 9.95. The minimum Gasteiger partial charge on any atom is -0.365 e. The van der Waals surface area contributed by atoms with Crippen molar-refractivity contribution in [1.82, 2.24) is 5.48 Å². The molecule has 136 valence electrons. The number of nitrogens with one attached hydrogen (secondary N) is 2. The van der Waals surface area contributed by atoms with E-state index in [1.165, 1.54) is 11.3 Å². The first-order valence-electron chi connectivity index (χ1n) is 8.27. The van der Waals surface area contributed by atoms with Gasteiger partial charge in [-0.05, 0) is 43.4 Å². The van der Waals surface area contributed by atoms with Crippen LogP contribution < -0.4 is 16.5 Å². The lowest BCUT2D eigenvalue weighted by Crippen LogP contribution is -2.29. The number of hydrogen-bond acceptors (Lipinski definition) is 5. The molecule has 7 nitrogen and oxygen atoms in total. The van der Waals surface area contributed by atoms with Gasteiger partial charge in [0.1, 0.15) is 5.00 Å². The number of primary amides is 1. The van der Waals surface area contributed by atoms with E-state index in [9.17, 15) is 14.4 Å². The molecule has 0 fully saturated rings. The molecule has 1 aromatic carbocycles. The summed E-state index contributed by atoms with van der Waals surface area (Å²) in [6.45, 7) is -0.376. The predicted molar refractivity (Wildman–Crippen MR) is 98.0 cm³/mol. The van der Waals surface area contributed by atoms with Gasteiger partial charge in [-0.15, -0.1) is 11.3 Å². The second-order valence-corrected chi connectivity index (χ2v) is 7.02. The van der Waals surface area contributed by atoms with E-state index < -0.39 is 17.7 Å². The van der Waals surface area contributed by atoms with E-state index in [2.05, 4.69) is 10.8 Å². The number of benzene rings is 1. The van der Waals surface area contributed by atoms with Crippen LogP contribution in [-0.2, 0) is 22.5 Å². The minimum absolute atomic E-state index is 0.376. The Morgan fingerprint density at radius 2 is 1.85 bits per heavy atom. The number of carbonyl (C=O) groups excluding carboxylic acids is 3. The third kappa shape index (κ3) is 4.09. The van der Waals surface area contributed by atoms with Crippen LogP contribution in [-0.4, -0.2) is 24.3 Å². The fraction of sp³-hybridized carbons (Fsp3) is 0.278. The average molecular weight is 373 g/mol. The molecule has 8 heteroatoms. The normalized spacial score (nSPS) is 12.9. The molecule has 0 atom stereocenters. The summed E-state index contributed by atoms with van der Waals surface area (Å²) in [5.74, 6) is -1.46. The molecule has 1 aliphatic rings. The SMILES string of the molecule is NC(=O)c1c(NC(=O)CONC(=O)c2ccccc2)sc2c1CCCC2. The Morgan fingerprint density at radius 1 is 1.12 bits per heavy atom. The standard InChI is InChI=1S/C18H19N3O4S/c19-16(23)15-12-8-4-5-9-13(12)26-18(15)20-14(22)10-25-21-17(24)11-6-2-1-3-7-11/h1-3,6-7H,4-5,8-10H2,(H2,19,23)(H,20,22)(H,21,24). The van der Waals surface area contributed by atoms with E-state index in [0.717, 1.165) is 36.1 Å². The zero-order valence-corrected chi connectivity index (χ0v) is 14.9. The number of hydroxylamine groups is 1. The summed E-state index contributed by atoms with van der Waals surface area (Å²) in [7, 11) is 0. The molecule has 3 rings (SSSR count). The maximum absolute atomic E-state index is 12.1. The van der Waals surface area contributed by atoms with Gasteiger partial charge in [0.15, 0.2) is 6.61 Å². The van der Waals surface area contributed by atoms with Crippen LogP contribution in [0.15, 0.2) is 30.3 Å². The lowest BCUT2D eigenvalue weighted by molar-refractivity contribution is -0.122. The Bertz CT molecular complexity index is 832. The summed E-state index contributed by atoms with van der Waals surface area (Å²) in [6.07, 6.45) is 3.75. The van der Waals surface area contributed by atoms with Crippen LogP contribution in [0.4, 0.5) is 5.00 Å². The van der Waals surface area contributed by atoms with Crippen molar-refractivity contribution in [2.75, 3.05) is 11.9 Å². The molecule has 4 N–H and O–H groups in total. The molecular weight excluding hydrogens is 354 g/mol. The lowest BCUT2D eigenvalue weighted by Gasteiger charge is -2.11. The predicted octanol–water partition coefficient (Wildman–Crippen LogP) is 2.03. The molecule has 1 aliphatic carbocycles. The number of aryl methyl sites for hydroxylation is 1. The number of thiophene rings is 1. The highest BCUT2D eigenvalue weighted by Crippen LogP contribution is 2.37. The Labute approximate surface area is 154 Å². The number of anilines is 1. The van der Waals surface area contributed by atoms with Crippen molar-refractivity contribution < 1.29 is 19.2 Å². The van der Waals surface area contributed by atoms with Crippen LogP contribution >= 0.6 is 11.3 Å². The van der Waals surface area contributed by atoms with Crippen LogP contribution in [0.5, 0.6) is 0 Å². The van der Waals surface area contributed by atoms with Gasteiger partial charge in [-0.2, -0.15) is 0 Å². The molecule has 1 aromatic heterocycles. The second-order valence-electron chi connectivity index (χ2n) is 5.91. The average Bonchev–Trinajstić information content (AvgIpc) is 3.00. The first kappa shape index (κ1) is 18.1. The van der Waals surface area contributed by atoms with Gasteiger partial charge in [0.2, 0.25) is 0 Å². The van der Waals surface area contributed by atoms with Gasteiger partial charge >= 0.3 is 0 Å². The van der Waals surface area contributed by atoms with Gasteiger partial charge in [0, 0.05) is 10.4 Å². The summed E-state index contributed by atoms with van der Waals surface area (Å²) in [5, 5.41) is 3.12. The van der Waals surface area contributed by atoms with Gasteiger partial charge in [-0.25, -0.2) is 5.48 Å². The van der Waals surface area contributed by atoms with Gasteiger partial charge in [-0.1, -0.05) is 18.2 Å². The fourth-order valence-corrected chi connectivity index (χ4v) is 4.20. The Morgan fingerprint density at radius 3 is 2.58 bits per heavy atom. The number of hydrogen-bond donors (Lipinski definition) is 3. The highest BCUT2D eigenvalue weighted by Gasteiger charge is 2.25. The van der Waals surface area contributed by atoms with Crippen molar-refractivity contribution in [2.24, 2.45) is 5.73 Å². The minimum atomic E-state index is -0.544. The van der Waals surface area contributed by atoms with Crippen molar-refractivity contribution in [3.63, 3.8) is 0 Å². The molecule has 0 bridgehead atoms. The van der Waals surface area contributed by atoms with E-state index in [0.29, 0.717) is 16.1 Å². The number of amides is 3. The maximum atomic E-state index is 12.1. The quantitative estimate of drug-likeness (QED) is 0.673. The zero-order chi connectivity index (χ0) is 18.5. The third-order valence-corrected chi connectivity index (χ3v) is 5.28. The monoisotopic (exact) mass is 373 g/mol. The fourth-order valence-electron chi connectivity index (χ4n) is 2.89. The van der Waals surface area contributed by atoms with Crippen molar-refractivity contribution in [1.29, 1.82) is 0 Å². The molecule has 3 amide bonds. The Kier molecular flexibility index (Phi) is 5.65. The summed E-state index contributed by atoms with van der Waals surface area (Å²) in [6, 6.07) is 8.52. The summed E-state index contributed by atoms with van der Waals surface area (Å²) >= 11 is 1.38.